The Balaban J connectivity index is 2.43. The molecule has 0 bridgehead atoms. The first kappa shape index (κ1) is 12.0. The molecule has 0 saturated carbocycles. The van der Waals surface area contributed by atoms with Crippen molar-refractivity contribution in [2.24, 2.45) is 0 Å². The van der Waals surface area contributed by atoms with Crippen molar-refractivity contribution in [3.05, 3.63) is 0 Å². The first-order chi connectivity index (χ1) is 6.58. The van der Waals surface area contributed by atoms with Gasteiger partial charge < -0.3 is 19.3 Å². The van der Waals surface area contributed by atoms with Crippen LogP contribution in [0.25, 0.3) is 0 Å². The third-order valence-corrected chi connectivity index (χ3v) is 1.93. The molecule has 0 aromatic rings. The first-order valence-corrected chi connectivity index (χ1v) is 5.25. The van der Waals surface area contributed by atoms with Gasteiger partial charge in [-0.05, 0) is 27.7 Å². The Morgan fingerprint density at radius 1 is 1.21 bits per heavy atom. The van der Waals surface area contributed by atoms with Crippen LogP contribution in [0.2, 0.25) is 0 Å². The molecule has 1 saturated heterocycles. The summed E-state index contributed by atoms with van der Waals surface area (Å²) in [5.74, 6) is 0. The van der Waals surface area contributed by atoms with Crippen LogP contribution >= 0.6 is 0 Å². The summed E-state index contributed by atoms with van der Waals surface area (Å²) in [4.78, 5) is 0. The highest BCUT2D eigenvalue weighted by molar-refractivity contribution is 6.36. The van der Waals surface area contributed by atoms with E-state index in [1.165, 1.54) is 0 Å². The molecule has 0 radical (unpaired) electrons. The van der Waals surface area contributed by atoms with E-state index in [-0.39, 0.29) is 18.3 Å². The third-order valence-electron chi connectivity index (χ3n) is 1.93. The molecular weight excluding hydrogens is 181 g/mol. The summed E-state index contributed by atoms with van der Waals surface area (Å²) in [6.45, 7) is 9.63. The first-order valence-electron chi connectivity index (χ1n) is 5.25. The van der Waals surface area contributed by atoms with Crippen LogP contribution in [0.15, 0.2) is 0 Å². The van der Waals surface area contributed by atoms with Crippen LogP contribution in [0.4, 0.5) is 0 Å². The zero-order chi connectivity index (χ0) is 10.6. The van der Waals surface area contributed by atoms with Gasteiger partial charge in [-0.2, -0.15) is 0 Å². The summed E-state index contributed by atoms with van der Waals surface area (Å²) in [7, 11) is -0.526. The molecular formula is C9H20BNO3. The normalized spacial score (nSPS) is 30.2. The minimum Gasteiger partial charge on any atom is -0.384 e. The van der Waals surface area contributed by atoms with Crippen molar-refractivity contribution in [2.75, 3.05) is 13.1 Å². The molecule has 0 amide bonds. The van der Waals surface area contributed by atoms with E-state index >= 15 is 0 Å². The lowest BCUT2D eigenvalue weighted by Gasteiger charge is -2.27. The van der Waals surface area contributed by atoms with Gasteiger partial charge in [-0.15, -0.1) is 0 Å². The van der Waals surface area contributed by atoms with E-state index in [1.54, 1.807) is 0 Å². The fraction of sp³-hybridized carbons (Fsp3) is 1.00. The minimum absolute atomic E-state index is 0.117. The van der Waals surface area contributed by atoms with Crippen molar-refractivity contribution >= 4 is 7.32 Å². The molecule has 1 N–H and O–H groups in total. The van der Waals surface area contributed by atoms with Crippen LogP contribution in [-0.2, 0) is 14.0 Å². The molecule has 0 spiro atoms. The molecule has 0 aliphatic carbocycles. The van der Waals surface area contributed by atoms with E-state index in [4.69, 9.17) is 14.0 Å². The molecule has 2 unspecified atom stereocenters. The number of hydrogen-bond acceptors (Lipinski definition) is 4. The topological polar surface area (TPSA) is 39.7 Å². The SMILES string of the molecule is CC(C)OB1OC(C)CNCC(C)O1. The van der Waals surface area contributed by atoms with Gasteiger partial charge in [0.25, 0.3) is 0 Å². The summed E-state index contributed by atoms with van der Waals surface area (Å²) in [6, 6.07) is 0. The van der Waals surface area contributed by atoms with Crippen molar-refractivity contribution in [2.45, 2.75) is 46.0 Å². The Hall–Kier alpha value is -0.0951. The lowest BCUT2D eigenvalue weighted by Crippen LogP contribution is -2.45. The Bertz CT molecular complexity index is 156. The molecule has 0 aromatic heterocycles. The molecule has 1 fully saturated rings. The molecule has 14 heavy (non-hydrogen) atoms. The largest absolute Gasteiger partial charge is 0.640 e. The lowest BCUT2D eigenvalue weighted by molar-refractivity contribution is 0.0127. The van der Waals surface area contributed by atoms with Crippen molar-refractivity contribution in [3.63, 3.8) is 0 Å². The Morgan fingerprint density at radius 2 is 1.71 bits per heavy atom. The van der Waals surface area contributed by atoms with Crippen molar-refractivity contribution < 1.29 is 14.0 Å². The predicted octanol–water partition coefficient (Wildman–Crippen LogP) is 0.810. The van der Waals surface area contributed by atoms with Crippen LogP contribution in [0.3, 0.4) is 0 Å². The second kappa shape index (κ2) is 5.71. The smallest absolute Gasteiger partial charge is 0.384 e. The molecule has 1 heterocycles. The van der Waals surface area contributed by atoms with Gasteiger partial charge in [-0.3, -0.25) is 0 Å². The van der Waals surface area contributed by atoms with Gasteiger partial charge in [0, 0.05) is 19.2 Å². The maximum atomic E-state index is 5.57. The van der Waals surface area contributed by atoms with E-state index in [9.17, 15) is 0 Å². The van der Waals surface area contributed by atoms with Crippen molar-refractivity contribution in [1.82, 2.24) is 5.32 Å². The minimum atomic E-state index is -0.526. The van der Waals surface area contributed by atoms with Gasteiger partial charge in [0.2, 0.25) is 0 Å². The molecule has 1 rings (SSSR count). The van der Waals surface area contributed by atoms with E-state index < -0.39 is 7.32 Å². The number of rotatable bonds is 2. The Kier molecular flexibility index (Phi) is 4.88. The second-order valence-electron chi connectivity index (χ2n) is 4.03. The molecule has 82 valence electrons. The monoisotopic (exact) mass is 201 g/mol. The standard InChI is InChI=1S/C9H20BNO3/c1-7(2)12-10-13-8(3)5-11-6-9(4)14-10/h7-9,11H,5-6H2,1-4H3. The van der Waals surface area contributed by atoms with Gasteiger partial charge in [0.05, 0.1) is 12.2 Å². The zero-order valence-electron chi connectivity index (χ0n) is 9.45. The van der Waals surface area contributed by atoms with Crippen LogP contribution in [-0.4, -0.2) is 38.7 Å². The fourth-order valence-corrected chi connectivity index (χ4v) is 1.28. The Morgan fingerprint density at radius 3 is 2.14 bits per heavy atom. The van der Waals surface area contributed by atoms with Crippen LogP contribution < -0.4 is 5.32 Å². The van der Waals surface area contributed by atoms with Gasteiger partial charge in [0.1, 0.15) is 0 Å². The second-order valence-corrected chi connectivity index (χ2v) is 4.03. The average Bonchev–Trinajstić information content (AvgIpc) is 1.99. The lowest BCUT2D eigenvalue weighted by atomic mass is 10.1. The van der Waals surface area contributed by atoms with E-state index in [0.717, 1.165) is 13.1 Å². The molecule has 2 atom stereocenters. The van der Waals surface area contributed by atoms with E-state index in [2.05, 4.69) is 5.32 Å². The number of hydrogen-bond donors (Lipinski definition) is 1. The molecule has 0 aromatic carbocycles. The van der Waals surface area contributed by atoms with E-state index in [1.807, 2.05) is 27.7 Å². The molecule has 4 nitrogen and oxygen atoms in total. The fourth-order valence-electron chi connectivity index (χ4n) is 1.28. The summed E-state index contributed by atoms with van der Waals surface area (Å²) < 4.78 is 16.6. The van der Waals surface area contributed by atoms with Crippen molar-refractivity contribution in [1.29, 1.82) is 0 Å². The van der Waals surface area contributed by atoms with Gasteiger partial charge in [0.15, 0.2) is 0 Å². The molecule has 1 aliphatic heterocycles. The number of nitrogens with one attached hydrogen (secondary N) is 1. The maximum absolute atomic E-state index is 5.57. The highest BCUT2D eigenvalue weighted by Gasteiger charge is 2.29. The average molecular weight is 201 g/mol. The predicted molar refractivity (Wildman–Crippen MR) is 55.9 cm³/mol. The van der Waals surface area contributed by atoms with Crippen LogP contribution in [0, 0.1) is 0 Å². The molecule has 5 heteroatoms. The van der Waals surface area contributed by atoms with Gasteiger partial charge in [-0.25, -0.2) is 0 Å². The van der Waals surface area contributed by atoms with E-state index in [0.29, 0.717) is 0 Å². The molecule has 1 aliphatic rings. The summed E-state index contributed by atoms with van der Waals surface area (Å²) in [5.41, 5.74) is 0. The summed E-state index contributed by atoms with van der Waals surface area (Å²) >= 11 is 0. The summed E-state index contributed by atoms with van der Waals surface area (Å²) in [5, 5.41) is 3.26. The highest BCUT2D eigenvalue weighted by atomic mass is 16.7. The van der Waals surface area contributed by atoms with Gasteiger partial charge in [-0.1, -0.05) is 0 Å². The quantitative estimate of drug-likeness (QED) is 0.671. The van der Waals surface area contributed by atoms with Gasteiger partial charge >= 0.3 is 7.32 Å². The van der Waals surface area contributed by atoms with Crippen molar-refractivity contribution in [3.8, 4) is 0 Å². The zero-order valence-corrected chi connectivity index (χ0v) is 9.45. The maximum Gasteiger partial charge on any atom is 0.640 e. The third kappa shape index (κ3) is 4.42. The Labute approximate surface area is 86.5 Å². The van der Waals surface area contributed by atoms with Crippen LogP contribution in [0.5, 0.6) is 0 Å². The van der Waals surface area contributed by atoms with Crippen LogP contribution in [0.1, 0.15) is 27.7 Å². The highest BCUT2D eigenvalue weighted by Crippen LogP contribution is 2.06. The summed E-state index contributed by atoms with van der Waals surface area (Å²) in [6.07, 6.45) is 0.351.